The van der Waals surface area contributed by atoms with E-state index in [0.29, 0.717) is 26.2 Å². The molecule has 1 aromatic rings. The van der Waals surface area contributed by atoms with E-state index in [4.69, 9.17) is 4.74 Å². The standard InChI is InChI=1S/C16H23N3O3/c1-18(2)16(21)14-11-19(8-9-22-14)12-15(20)17-10-13-6-4-3-5-7-13/h3-7,14H,8-12H2,1-2H3,(H,17,20). The number of rotatable bonds is 5. The molecule has 1 aromatic carbocycles. The zero-order valence-electron chi connectivity index (χ0n) is 13.1. The summed E-state index contributed by atoms with van der Waals surface area (Å²) in [6, 6.07) is 9.78. The van der Waals surface area contributed by atoms with E-state index in [9.17, 15) is 9.59 Å². The molecule has 1 N–H and O–H groups in total. The molecule has 2 rings (SSSR count). The molecule has 0 spiro atoms. The lowest BCUT2D eigenvalue weighted by Gasteiger charge is -2.32. The Labute approximate surface area is 131 Å². The van der Waals surface area contributed by atoms with Crippen LogP contribution in [0.15, 0.2) is 30.3 Å². The normalized spacial score (nSPS) is 18.7. The summed E-state index contributed by atoms with van der Waals surface area (Å²) in [5.41, 5.74) is 1.07. The Morgan fingerprint density at radius 2 is 2.05 bits per heavy atom. The first-order valence-electron chi connectivity index (χ1n) is 7.42. The lowest BCUT2D eigenvalue weighted by molar-refractivity contribution is -0.148. The van der Waals surface area contributed by atoms with Gasteiger partial charge in [-0.1, -0.05) is 30.3 Å². The first-order chi connectivity index (χ1) is 10.6. The number of hydrogen-bond acceptors (Lipinski definition) is 4. The van der Waals surface area contributed by atoms with Crippen molar-refractivity contribution in [3.8, 4) is 0 Å². The van der Waals surface area contributed by atoms with E-state index < -0.39 is 6.10 Å². The molecule has 0 bridgehead atoms. The van der Waals surface area contributed by atoms with Gasteiger partial charge in [0.25, 0.3) is 5.91 Å². The van der Waals surface area contributed by atoms with Crippen molar-refractivity contribution in [2.24, 2.45) is 0 Å². The maximum Gasteiger partial charge on any atom is 0.252 e. The molecular weight excluding hydrogens is 282 g/mol. The van der Waals surface area contributed by atoms with Gasteiger partial charge in [0.2, 0.25) is 5.91 Å². The predicted octanol–water partition coefficient (Wildman–Crippen LogP) is 0.0918. The highest BCUT2D eigenvalue weighted by Crippen LogP contribution is 2.07. The minimum absolute atomic E-state index is 0.0400. The minimum atomic E-state index is -0.481. The average molecular weight is 305 g/mol. The number of nitrogens with one attached hydrogen (secondary N) is 1. The predicted molar refractivity (Wildman–Crippen MR) is 83.2 cm³/mol. The number of morpholine rings is 1. The van der Waals surface area contributed by atoms with Crippen molar-refractivity contribution in [3.63, 3.8) is 0 Å². The van der Waals surface area contributed by atoms with Gasteiger partial charge in [-0.05, 0) is 5.56 Å². The van der Waals surface area contributed by atoms with Crippen LogP contribution in [0.2, 0.25) is 0 Å². The topological polar surface area (TPSA) is 61.9 Å². The van der Waals surface area contributed by atoms with E-state index in [1.165, 1.54) is 4.90 Å². The molecule has 0 aromatic heterocycles. The van der Waals surface area contributed by atoms with Crippen LogP contribution in [0.3, 0.4) is 0 Å². The molecule has 1 aliphatic rings. The van der Waals surface area contributed by atoms with Crippen molar-refractivity contribution < 1.29 is 14.3 Å². The van der Waals surface area contributed by atoms with Crippen molar-refractivity contribution in [1.82, 2.24) is 15.1 Å². The molecule has 0 saturated carbocycles. The van der Waals surface area contributed by atoms with Crippen LogP contribution in [0.25, 0.3) is 0 Å². The van der Waals surface area contributed by atoms with Crippen molar-refractivity contribution in [1.29, 1.82) is 0 Å². The summed E-state index contributed by atoms with van der Waals surface area (Å²) in [6.45, 7) is 2.39. The average Bonchev–Trinajstić information content (AvgIpc) is 2.53. The van der Waals surface area contributed by atoms with E-state index in [1.807, 2.05) is 35.2 Å². The van der Waals surface area contributed by atoms with Crippen LogP contribution in [0.5, 0.6) is 0 Å². The van der Waals surface area contributed by atoms with Crippen molar-refractivity contribution in [3.05, 3.63) is 35.9 Å². The number of amides is 2. The fourth-order valence-corrected chi connectivity index (χ4v) is 2.34. The molecule has 6 heteroatoms. The van der Waals surface area contributed by atoms with E-state index in [2.05, 4.69) is 5.32 Å². The molecule has 22 heavy (non-hydrogen) atoms. The number of benzene rings is 1. The summed E-state index contributed by atoms with van der Waals surface area (Å²) < 4.78 is 5.48. The number of carbonyl (C=O) groups is 2. The second kappa shape index (κ2) is 7.91. The van der Waals surface area contributed by atoms with E-state index in [1.54, 1.807) is 14.1 Å². The van der Waals surface area contributed by atoms with E-state index >= 15 is 0 Å². The third-order valence-corrected chi connectivity index (χ3v) is 3.57. The molecule has 1 heterocycles. The quantitative estimate of drug-likeness (QED) is 0.838. The van der Waals surface area contributed by atoms with Crippen molar-refractivity contribution in [2.75, 3.05) is 40.3 Å². The fraction of sp³-hybridized carbons (Fsp3) is 0.500. The number of nitrogens with zero attached hydrogens (tertiary/aromatic N) is 2. The maximum atomic E-state index is 12.0. The molecule has 120 valence electrons. The van der Waals surface area contributed by atoms with Gasteiger partial charge < -0.3 is 15.0 Å². The molecule has 1 unspecified atom stereocenters. The number of hydrogen-bond donors (Lipinski definition) is 1. The van der Waals surface area contributed by atoms with Gasteiger partial charge in [-0.3, -0.25) is 14.5 Å². The zero-order chi connectivity index (χ0) is 15.9. The maximum absolute atomic E-state index is 12.0. The van der Waals surface area contributed by atoms with E-state index in [-0.39, 0.29) is 18.4 Å². The monoisotopic (exact) mass is 305 g/mol. The second-order valence-electron chi connectivity index (χ2n) is 5.59. The van der Waals surface area contributed by atoms with Gasteiger partial charge in [-0.15, -0.1) is 0 Å². The van der Waals surface area contributed by atoms with Gasteiger partial charge in [0.15, 0.2) is 0 Å². The summed E-state index contributed by atoms with van der Waals surface area (Å²) in [5.74, 6) is -0.101. The highest BCUT2D eigenvalue weighted by molar-refractivity contribution is 5.81. The van der Waals surface area contributed by atoms with Gasteiger partial charge in [0, 0.05) is 33.7 Å². The molecule has 0 radical (unpaired) electrons. The Morgan fingerprint density at radius 3 is 2.73 bits per heavy atom. The lowest BCUT2D eigenvalue weighted by atomic mass is 10.2. The summed E-state index contributed by atoms with van der Waals surface area (Å²) >= 11 is 0. The number of likely N-dealkylation sites (N-methyl/N-ethyl adjacent to an activating group) is 1. The molecule has 1 saturated heterocycles. The first kappa shape index (κ1) is 16.5. The number of ether oxygens (including phenoxy) is 1. The van der Waals surface area contributed by atoms with Crippen molar-refractivity contribution in [2.45, 2.75) is 12.6 Å². The van der Waals surface area contributed by atoms with Crippen LogP contribution in [0.1, 0.15) is 5.56 Å². The molecule has 0 aliphatic carbocycles. The van der Waals surface area contributed by atoms with Crippen LogP contribution >= 0.6 is 0 Å². The SMILES string of the molecule is CN(C)C(=O)C1CN(CC(=O)NCc2ccccc2)CCO1. The molecule has 2 amide bonds. The highest BCUT2D eigenvalue weighted by atomic mass is 16.5. The Kier molecular flexibility index (Phi) is 5.91. The largest absolute Gasteiger partial charge is 0.366 e. The van der Waals surface area contributed by atoms with Crippen molar-refractivity contribution >= 4 is 11.8 Å². The highest BCUT2D eigenvalue weighted by Gasteiger charge is 2.28. The molecule has 1 aliphatic heterocycles. The number of carbonyl (C=O) groups excluding carboxylic acids is 2. The summed E-state index contributed by atoms with van der Waals surface area (Å²) in [6.07, 6.45) is -0.481. The lowest BCUT2D eigenvalue weighted by Crippen LogP contribution is -2.51. The summed E-state index contributed by atoms with van der Waals surface area (Å²) in [5, 5.41) is 2.90. The molecule has 1 fully saturated rings. The third kappa shape index (κ3) is 4.82. The van der Waals surface area contributed by atoms with E-state index in [0.717, 1.165) is 5.56 Å². The third-order valence-electron chi connectivity index (χ3n) is 3.57. The molecular formula is C16H23N3O3. The Balaban J connectivity index is 1.77. The van der Waals surface area contributed by atoms with Crippen LogP contribution in [0, 0.1) is 0 Å². The van der Waals surface area contributed by atoms with Crippen LogP contribution in [0.4, 0.5) is 0 Å². The Morgan fingerprint density at radius 1 is 1.32 bits per heavy atom. The summed E-state index contributed by atoms with van der Waals surface area (Å²) in [7, 11) is 3.41. The Hall–Kier alpha value is -1.92. The van der Waals surface area contributed by atoms with Gasteiger partial charge in [0.1, 0.15) is 6.10 Å². The fourth-order valence-electron chi connectivity index (χ4n) is 2.34. The molecule has 6 nitrogen and oxygen atoms in total. The van der Waals surface area contributed by atoms with Crippen LogP contribution in [-0.4, -0.2) is 68.1 Å². The second-order valence-corrected chi connectivity index (χ2v) is 5.59. The van der Waals surface area contributed by atoms with Gasteiger partial charge >= 0.3 is 0 Å². The minimum Gasteiger partial charge on any atom is -0.366 e. The van der Waals surface area contributed by atoms with Gasteiger partial charge in [-0.25, -0.2) is 0 Å². The van der Waals surface area contributed by atoms with Crippen LogP contribution in [-0.2, 0) is 20.9 Å². The zero-order valence-corrected chi connectivity index (χ0v) is 13.1. The Bertz CT molecular complexity index is 505. The smallest absolute Gasteiger partial charge is 0.252 e. The van der Waals surface area contributed by atoms with Gasteiger partial charge in [-0.2, -0.15) is 0 Å². The molecule has 1 atom stereocenters. The summed E-state index contributed by atoms with van der Waals surface area (Å²) in [4.78, 5) is 27.4. The van der Waals surface area contributed by atoms with Crippen LogP contribution < -0.4 is 5.32 Å². The van der Waals surface area contributed by atoms with Gasteiger partial charge in [0.05, 0.1) is 13.2 Å². The first-order valence-corrected chi connectivity index (χ1v) is 7.42.